The van der Waals surface area contributed by atoms with Crippen molar-refractivity contribution in [2.75, 3.05) is 0 Å². The van der Waals surface area contributed by atoms with Crippen molar-refractivity contribution in [3.05, 3.63) is 0 Å². The lowest BCUT2D eigenvalue weighted by Gasteiger charge is -2.20. The molecule has 0 bridgehead atoms. The molecule has 1 unspecified atom stereocenters. The summed E-state index contributed by atoms with van der Waals surface area (Å²) < 4.78 is 0. The number of carbonyl (C=O) groups is 6. The lowest BCUT2D eigenvalue weighted by molar-refractivity contribution is -0.177. The lowest BCUT2D eigenvalue weighted by atomic mass is 9.96. The van der Waals surface area contributed by atoms with Gasteiger partial charge in [-0.2, -0.15) is 11.8 Å². The van der Waals surface area contributed by atoms with Crippen molar-refractivity contribution in [1.29, 1.82) is 0 Å². The van der Waals surface area contributed by atoms with Gasteiger partial charge in [-0.15, -0.1) is 0 Å². The van der Waals surface area contributed by atoms with Crippen LogP contribution in [0.1, 0.15) is 25.7 Å². The van der Waals surface area contributed by atoms with Gasteiger partial charge in [0.2, 0.25) is 0 Å². The van der Waals surface area contributed by atoms with Gasteiger partial charge in [-0.1, -0.05) is 0 Å². The molecule has 0 aliphatic heterocycles. The number of hydrogen-bond acceptors (Lipinski definition) is 12. The Balaban J connectivity index is 0. The smallest absolute Gasteiger partial charge is 0.357 e. The van der Waals surface area contributed by atoms with Gasteiger partial charge < -0.3 is 40.3 Å². The SMILES string of the molecule is NOC(=O)CC(O)(CC(=O)O)C(=O)ON.O=C(O)CC(O)(CC(=O)O)C(=O)O. The normalized spacial score (nSPS) is 12.4. The molecule has 16 heteroatoms. The molecule has 0 aliphatic carbocycles. The topological polar surface area (TPSA) is 294 Å². The summed E-state index contributed by atoms with van der Waals surface area (Å²) >= 11 is 0. The molecule has 0 fully saturated rings. The molecular formula is C12H18N2O14. The molecule has 1 atom stereocenters. The van der Waals surface area contributed by atoms with Crippen molar-refractivity contribution in [2.45, 2.75) is 36.9 Å². The van der Waals surface area contributed by atoms with E-state index < -0.39 is 72.7 Å². The second-order valence-electron chi connectivity index (χ2n) is 5.15. The molecule has 0 rings (SSSR count). The minimum atomic E-state index is -2.74. The summed E-state index contributed by atoms with van der Waals surface area (Å²) in [5.74, 6) is -0.254. The van der Waals surface area contributed by atoms with E-state index in [1.165, 1.54) is 0 Å². The highest BCUT2D eigenvalue weighted by molar-refractivity contribution is 5.89. The van der Waals surface area contributed by atoms with E-state index in [-0.39, 0.29) is 0 Å². The first-order valence-corrected chi connectivity index (χ1v) is 6.77. The van der Waals surface area contributed by atoms with Crippen molar-refractivity contribution in [3.63, 3.8) is 0 Å². The van der Waals surface area contributed by atoms with Crippen LogP contribution in [0.5, 0.6) is 0 Å². The minimum Gasteiger partial charge on any atom is -0.481 e. The van der Waals surface area contributed by atoms with E-state index in [4.69, 9.17) is 25.5 Å². The second-order valence-corrected chi connectivity index (χ2v) is 5.15. The Hall–Kier alpha value is -3.34. The molecular weight excluding hydrogens is 396 g/mol. The third-order valence-electron chi connectivity index (χ3n) is 2.78. The van der Waals surface area contributed by atoms with Crippen LogP contribution in [0.4, 0.5) is 0 Å². The van der Waals surface area contributed by atoms with Crippen LogP contribution >= 0.6 is 0 Å². The van der Waals surface area contributed by atoms with Gasteiger partial charge in [0, 0.05) is 0 Å². The van der Waals surface area contributed by atoms with Crippen LogP contribution in [0.2, 0.25) is 0 Å². The standard InChI is InChI=1S/C6H10N2O7.C6H8O7/c7-14-4(11)2-6(13,1-3(9)10)5(12)15-8;7-3(8)1-6(13,5(11)12)2-4(9)10/h13H,1-2,7-8H2,(H,9,10);13H,1-2H2,(H,7,8)(H,9,10)(H,11,12). The fourth-order valence-electron chi connectivity index (χ4n) is 1.56. The summed E-state index contributed by atoms with van der Waals surface area (Å²) in [6, 6.07) is 0. The Labute approximate surface area is 154 Å². The fraction of sp³-hybridized carbons (Fsp3) is 0.500. The predicted octanol–water partition coefficient (Wildman–Crippen LogP) is -3.83. The molecule has 160 valence electrons. The summed E-state index contributed by atoms with van der Waals surface area (Å²) in [6.07, 6.45) is -4.31. The molecule has 0 radical (unpaired) electrons. The Morgan fingerprint density at radius 2 is 1.00 bits per heavy atom. The zero-order valence-electron chi connectivity index (χ0n) is 13.9. The maximum Gasteiger partial charge on any atom is 0.357 e. The molecule has 0 aromatic heterocycles. The second kappa shape index (κ2) is 11.4. The van der Waals surface area contributed by atoms with Crippen LogP contribution in [0.3, 0.4) is 0 Å². The number of carboxylic acid groups (broad SMARTS) is 4. The lowest BCUT2D eigenvalue weighted by Crippen LogP contribution is -2.45. The molecule has 0 spiro atoms. The number of nitrogens with two attached hydrogens (primary N) is 2. The Morgan fingerprint density at radius 3 is 1.25 bits per heavy atom. The third kappa shape index (κ3) is 9.97. The van der Waals surface area contributed by atoms with Gasteiger partial charge in [0.15, 0.2) is 11.2 Å². The van der Waals surface area contributed by atoms with Gasteiger partial charge >= 0.3 is 35.8 Å². The van der Waals surface area contributed by atoms with Crippen LogP contribution in [-0.4, -0.2) is 77.7 Å². The molecule has 0 aromatic rings. The largest absolute Gasteiger partial charge is 0.481 e. The number of hydrogen-bond donors (Lipinski definition) is 8. The van der Waals surface area contributed by atoms with Gasteiger partial charge in [0.05, 0.1) is 25.7 Å². The van der Waals surface area contributed by atoms with Crippen molar-refractivity contribution in [1.82, 2.24) is 0 Å². The van der Waals surface area contributed by atoms with Gasteiger partial charge in [-0.25, -0.2) is 9.59 Å². The number of carbonyl (C=O) groups excluding carboxylic acids is 2. The molecule has 0 saturated carbocycles. The minimum absolute atomic E-state index is 0.966. The van der Waals surface area contributed by atoms with E-state index in [1.807, 2.05) is 0 Å². The summed E-state index contributed by atoms with van der Waals surface area (Å²) in [5, 5.41) is 51.7. The first kappa shape index (κ1) is 26.9. The van der Waals surface area contributed by atoms with E-state index in [1.54, 1.807) is 0 Å². The summed E-state index contributed by atoms with van der Waals surface area (Å²) in [6.45, 7) is 0. The molecule has 0 aromatic carbocycles. The van der Waals surface area contributed by atoms with E-state index in [2.05, 4.69) is 21.5 Å². The van der Waals surface area contributed by atoms with E-state index in [9.17, 15) is 33.9 Å². The quantitative estimate of drug-likeness (QED) is 0.159. The van der Waals surface area contributed by atoms with Gasteiger partial charge in [-0.05, 0) is 0 Å². The first-order valence-electron chi connectivity index (χ1n) is 6.77. The van der Waals surface area contributed by atoms with E-state index in [0.29, 0.717) is 0 Å². The predicted molar refractivity (Wildman–Crippen MR) is 79.5 cm³/mol. The average Bonchev–Trinajstić information content (AvgIpc) is 2.51. The Morgan fingerprint density at radius 1 is 0.643 bits per heavy atom. The maximum atomic E-state index is 10.9. The first-order chi connectivity index (χ1) is 12.6. The highest BCUT2D eigenvalue weighted by Crippen LogP contribution is 2.18. The zero-order valence-corrected chi connectivity index (χ0v) is 13.9. The highest BCUT2D eigenvalue weighted by Gasteiger charge is 2.43. The number of rotatable bonds is 10. The van der Waals surface area contributed by atoms with E-state index in [0.717, 1.165) is 0 Å². The molecule has 10 N–H and O–H groups in total. The summed E-state index contributed by atoms with van der Waals surface area (Å²) in [7, 11) is 0. The molecule has 16 nitrogen and oxygen atoms in total. The van der Waals surface area contributed by atoms with Crippen molar-refractivity contribution in [3.8, 4) is 0 Å². The maximum absolute atomic E-state index is 10.9. The molecule has 0 aliphatic rings. The Kier molecular flexibility index (Phi) is 10.9. The summed E-state index contributed by atoms with van der Waals surface area (Å²) in [4.78, 5) is 69.7. The fourth-order valence-corrected chi connectivity index (χ4v) is 1.56. The van der Waals surface area contributed by atoms with Crippen LogP contribution in [0.15, 0.2) is 0 Å². The van der Waals surface area contributed by atoms with Gasteiger partial charge in [0.1, 0.15) is 0 Å². The molecule has 0 heterocycles. The van der Waals surface area contributed by atoms with Gasteiger partial charge in [0.25, 0.3) is 0 Å². The highest BCUT2D eigenvalue weighted by atomic mass is 16.7. The Bertz CT molecular complexity index is 616. The van der Waals surface area contributed by atoms with Crippen LogP contribution < -0.4 is 11.8 Å². The number of carboxylic acids is 4. The van der Waals surface area contributed by atoms with Crippen LogP contribution in [0.25, 0.3) is 0 Å². The number of aliphatic carboxylic acids is 4. The monoisotopic (exact) mass is 414 g/mol. The zero-order chi connectivity index (χ0) is 22.7. The number of aliphatic hydroxyl groups is 2. The molecule has 0 saturated heterocycles. The van der Waals surface area contributed by atoms with Crippen LogP contribution in [-0.2, 0) is 38.4 Å². The van der Waals surface area contributed by atoms with Crippen molar-refractivity contribution in [2.24, 2.45) is 11.8 Å². The third-order valence-corrected chi connectivity index (χ3v) is 2.78. The van der Waals surface area contributed by atoms with Crippen molar-refractivity contribution >= 4 is 35.8 Å². The average molecular weight is 414 g/mol. The van der Waals surface area contributed by atoms with Gasteiger partial charge in [-0.3, -0.25) is 19.2 Å². The van der Waals surface area contributed by atoms with E-state index >= 15 is 0 Å². The molecule has 28 heavy (non-hydrogen) atoms. The van der Waals surface area contributed by atoms with Crippen LogP contribution in [0, 0.1) is 0 Å². The molecule has 0 amide bonds. The van der Waals surface area contributed by atoms with Crippen molar-refractivity contribution < 1.29 is 69.1 Å². The summed E-state index contributed by atoms with van der Waals surface area (Å²) in [5.41, 5.74) is -5.32.